The molecule has 2 rings (SSSR count). The quantitative estimate of drug-likeness (QED) is 0.743. The van der Waals surface area contributed by atoms with E-state index in [1.54, 1.807) is 24.7 Å². The summed E-state index contributed by atoms with van der Waals surface area (Å²) in [4.78, 5) is 12.1. The minimum atomic E-state index is -1.01. The fourth-order valence-corrected chi connectivity index (χ4v) is 2.90. The second-order valence-electron chi connectivity index (χ2n) is 6.62. The minimum absolute atomic E-state index is 0.0122. The van der Waals surface area contributed by atoms with Gasteiger partial charge in [-0.25, -0.2) is 4.68 Å². The first-order valence-corrected chi connectivity index (χ1v) is 8.43. The molecule has 1 saturated carbocycles. The molecule has 0 aromatic carbocycles. The predicted octanol–water partition coefficient (Wildman–Crippen LogP) is 1.53. The van der Waals surface area contributed by atoms with Gasteiger partial charge in [0.25, 0.3) is 0 Å². The number of hydrogen-bond donors (Lipinski definition) is 2. The first-order chi connectivity index (χ1) is 10.9. The van der Waals surface area contributed by atoms with Crippen LogP contribution in [0, 0.1) is 0 Å². The van der Waals surface area contributed by atoms with Gasteiger partial charge < -0.3 is 15.2 Å². The number of hydrogen-bond acceptors (Lipinski definition) is 5. The van der Waals surface area contributed by atoms with Crippen molar-refractivity contribution >= 4 is 5.91 Å². The van der Waals surface area contributed by atoms with Gasteiger partial charge in [0.1, 0.15) is 11.3 Å². The molecule has 7 heteroatoms. The summed E-state index contributed by atoms with van der Waals surface area (Å²) in [6.45, 7) is 6.37. The fraction of sp³-hybridized carbons (Fsp3) is 0.812. The molecule has 0 unspecified atom stereocenters. The van der Waals surface area contributed by atoms with Crippen molar-refractivity contribution in [3.63, 3.8) is 0 Å². The van der Waals surface area contributed by atoms with E-state index in [0.29, 0.717) is 25.3 Å². The highest BCUT2D eigenvalue weighted by molar-refractivity contribution is 5.76. The number of carbonyl (C=O) groups is 1. The summed E-state index contributed by atoms with van der Waals surface area (Å²) in [6.07, 6.45) is 6.25. The molecule has 0 bridgehead atoms. The average Bonchev–Trinajstić information content (AvgIpc) is 2.98. The first-order valence-electron chi connectivity index (χ1n) is 8.43. The Kier molecular flexibility index (Phi) is 6.12. The topological polar surface area (TPSA) is 89.3 Å². The molecule has 7 nitrogen and oxygen atoms in total. The van der Waals surface area contributed by atoms with E-state index in [-0.39, 0.29) is 18.0 Å². The highest BCUT2D eigenvalue weighted by Crippen LogP contribution is 2.29. The fourth-order valence-electron chi connectivity index (χ4n) is 2.90. The number of ether oxygens (including phenoxy) is 1. The van der Waals surface area contributed by atoms with E-state index in [0.717, 1.165) is 25.7 Å². The Bertz CT molecular complexity index is 510. The molecule has 1 amide bonds. The maximum Gasteiger partial charge on any atom is 0.222 e. The normalized spacial score (nSPS) is 22.1. The third-order valence-electron chi connectivity index (χ3n) is 4.23. The van der Waals surface area contributed by atoms with Crippen molar-refractivity contribution in [3.8, 4) is 0 Å². The summed E-state index contributed by atoms with van der Waals surface area (Å²) < 4.78 is 7.02. The van der Waals surface area contributed by atoms with Gasteiger partial charge in [0.15, 0.2) is 0 Å². The summed E-state index contributed by atoms with van der Waals surface area (Å²) in [7, 11) is 0. The zero-order chi connectivity index (χ0) is 16.9. The maximum atomic E-state index is 12.1. The van der Waals surface area contributed by atoms with Crippen LogP contribution in [0.5, 0.6) is 0 Å². The van der Waals surface area contributed by atoms with Crippen molar-refractivity contribution in [2.75, 3.05) is 13.2 Å². The van der Waals surface area contributed by atoms with Gasteiger partial charge in [0, 0.05) is 13.0 Å². The van der Waals surface area contributed by atoms with E-state index in [9.17, 15) is 9.90 Å². The van der Waals surface area contributed by atoms with Crippen LogP contribution in [0.1, 0.15) is 64.6 Å². The van der Waals surface area contributed by atoms with Crippen LogP contribution in [0.15, 0.2) is 6.20 Å². The third kappa shape index (κ3) is 5.00. The largest absolute Gasteiger partial charge is 0.384 e. The Morgan fingerprint density at radius 3 is 2.87 bits per heavy atom. The number of nitrogens with one attached hydrogen (secondary N) is 1. The molecule has 0 aliphatic heterocycles. The number of amides is 1. The Labute approximate surface area is 137 Å². The molecular formula is C16H28N4O3. The van der Waals surface area contributed by atoms with Crippen molar-refractivity contribution in [2.24, 2.45) is 0 Å². The first kappa shape index (κ1) is 17.9. The molecule has 23 heavy (non-hydrogen) atoms. The van der Waals surface area contributed by atoms with Gasteiger partial charge in [0.05, 0.1) is 24.9 Å². The average molecular weight is 324 g/mol. The van der Waals surface area contributed by atoms with Crippen LogP contribution in [0.4, 0.5) is 0 Å². The number of carbonyl (C=O) groups excluding carboxylic acids is 1. The van der Waals surface area contributed by atoms with E-state index in [1.165, 1.54) is 0 Å². The molecule has 130 valence electrons. The molecule has 0 saturated heterocycles. The molecule has 1 heterocycles. The molecule has 0 spiro atoms. The smallest absolute Gasteiger partial charge is 0.222 e. The van der Waals surface area contributed by atoms with Gasteiger partial charge in [-0.05, 0) is 33.6 Å². The molecule has 0 radical (unpaired) electrons. The molecule has 2 atom stereocenters. The van der Waals surface area contributed by atoms with Crippen molar-refractivity contribution in [3.05, 3.63) is 11.9 Å². The number of aliphatic hydroxyl groups is 1. The van der Waals surface area contributed by atoms with Crippen LogP contribution in [-0.4, -0.2) is 45.3 Å². The van der Waals surface area contributed by atoms with Crippen LogP contribution in [0.25, 0.3) is 0 Å². The van der Waals surface area contributed by atoms with E-state index < -0.39 is 5.60 Å². The molecule has 1 aliphatic rings. The van der Waals surface area contributed by atoms with Gasteiger partial charge in [-0.3, -0.25) is 4.79 Å². The lowest BCUT2D eigenvalue weighted by Gasteiger charge is -2.32. The summed E-state index contributed by atoms with van der Waals surface area (Å²) >= 11 is 0. The molecule has 2 N–H and O–H groups in total. The lowest BCUT2D eigenvalue weighted by Crippen LogP contribution is -2.43. The Morgan fingerprint density at radius 1 is 1.48 bits per heavy atom. The summed E-state index contributed by atoms with van der Waals surface area (Å²) in [5.74, 6) is 0.0122. The summed E-state index contributed by atoms with van der Waals surface area (Å²) in [6, 6.07) is 0.137. The van der Waals surface area contributed by atoms with Crippen molar-refractivity contribution < 1.29 is 14.6 Å². The second kappa shape index (κ2) is 7.88. The summed E-state index contributed by atoms with van der Waals surface area (Å²) in [5.41, 5.74) is -0.465. The van der Waals surface area contributed by atoms with Crippen LogP contribution >= 0.6 is 0 Å². The lowest BCUT2D eigenvalue weighted by atomic mass is 9.90. The van der Waals surface area contributed by atoms with E-state index in [1.807, 2.05) is 6.92 Å². The molecule has 1 aromatic heterocycles. The maximum absolute atomic E-state index is 12.1. The van der Waals surface area contributed by atoms with Gasteiger partial charge in [-0.15, -0.1) is 5.10 Å². The van der Waals surface area contributed by atoms with Gasteiger partial charge in [0.2, 0.25) is 5.91 Å². The Hall–Kier alpha value is -1.47. The SMILES string of the molecule is CCOCCC(=O)N[C@H]1CCCC[C@H]1n1cc(C(C)(C)O)nn1. The van der Waals surface area contributed by atoms with Gasteiger partial charge in [-0.1, -0.05) is 18.1 Å². The second-order valence-corrected chi connectivity index (χ2v) is 6.62. The predicted molar refractivity (Wildman–Crippen MR) is 85.8 cm³/mol. The standard InChI is InChI=1S/C16H28N4O3/c1-4-23-10-9-15(21)17-12-7-5-6-8-13(12)20-11-14(18-19-20)16(2,3)22/h11-13,22H,4-10H2,1-3H3,(H,17,21)/t12-,13+/m0/s1. The van der Waals surface area contributed by atoms with Crippen molar-refractivity contribution in [2.45, 2.75) is 70.6 Å². The zero-order valence-corrected chi connectivity index (χ0v) is 14.3. The van der Waals surface area contributed by atoms with Crippen molar-refractivity contribution in [1.29, 1.82) is 0 Å². The Balaban J connectivity index is 2.00. The van der Waals surface area contributed by atoms with Crippen LogP contribution in [0.3, 0.4) is 0 Å². The molecule has 1 aromatic rings. The number of rotatable bonds is 7. The van der Waals surface area contributed by atoms with E-state index in [2.05, 4.69) is 15.6 Å². The lowest BCUT2D eigenvalue weighted by molar-refractivity contribution is -0.123. The number of nitrogens with zero attached hydrogens (tertiary/aromatic N) is 3. The Morgan fingerprint density at radius 2 is 2.22 bits per heavy atom. The number of aromatic nitrogens is 3. The molecular weight excluding hydrogens is 296 g/mol. The summed E-state index contributed by atoms with van der Waals surface area (Å²) in [5, 5.41) is 21.4. The van der Waals surface area contributed by atoms with Gasteiger partial charge in [-0.2, -0.15) is 0 Å². The van der Waals surface area contributed by atoms with Crippen LogP contribution in [0.2, 0.25) is 0 Å². The minimum Gasteiger partial charge on any atom is -0.384 e. The molecule has 1 aliphatic carbocycles. The van der Waals surface area contributed by atoms with Crippen molar-refractivity contribution in [1.82, 2.24) is 20.3 Å². The zero-order valence-electron chi connectivity index (χ0n) is 14.3. The van der Waals surface area contributed by atoms with E-state index in [4.69, 9.17) is 4.74 Å². The van der Waals surface area contributed by atoms with E-state index >= 15 is 0 Å². The monoisotopic (exact) mass is 324 g/mol. The third-order valence-corrected chi connectivity index (χ3v) is 4.23. The highest BCUT2D eigenvalue weighted by atomic mass is 16.5. The molecule has 1 fully saturated rings. The van der Waals surface area contributed by atoms with Crippen LogP contribution < -0.4 is 5.32 Å². The van der Waals surface area contributed by atoms with Gasteiger partial charge >= 0.3 is 0 Å². The van der Waals surface area contributed by atoms with Crippen LogP contribution in [-0.2, 0) is 15.1 Å². The highest BCUT2D eigenvalue weighted by Gasteiger charge is 2.30.